The highest BCUT2D eigenvalue weighted by atomic mass is 16.4. The van der Waals surface area contributed by atoms with Crippen LogP contribution in [0.25, 0.3) is 10.8 Å². The molecule has 2 N–H and O–H groups in total. The van der Waals surface area contributed by atoms with Crippen molar-refractivity contribution < 1.29 is 9.90 Å². The van der Waals surface area contributed by atoms with E-state index in [4.69, 9.17) is 5.11 Å². The Morgan fingerprint density at radius 3 is 2.94 bits per heavy atom. The largest absolute Gasteiger partial charge is 0.481 e. The number of anilines is 1. The molecule has 3 heteroatoms. The Morgan fingerprint density at radius 1 is 1.29 bits per heavy atom. The van der Waals surface area contributed by atoms with Crippen LogP contribution < -0.4 is 5.32 Å². The summed E-state index contributed by atoms with van der Waals surface area (Å²) in [5.41, 5.74) is 2.32. The molecule has 0 amide bonds. The van der Waals surface area contributed by atoms with E-state index in [1.165, 1.54) is 16.3 Å². The van der Waals surface area contributed by atoms with E-state index in [0.717, 1.165) is 12.1 Å². The molecule has 2 aromatic rings. The van der Waals surface area contributed by atoms with Crippen LogP contribution in [0.3, 0.4) is 0 Å². The van der Waals surface area contributed by atoms with E-state index >= 15 is 0 Å². The third kappa shape index (κ3) is 1.73. The van der Waals surface area contributed by atoms with Gasteiger partial charge in [0.25, 0.3) is 0 Å². The third-order valence-electron chi connectivity index (χ3n) is 3.27. The van der Waals surface area contributed by atoms with Gasteiger partial charge in [0.2, 0.25) is 0 Å². The molecule has 1 aliphatic heterocycles. The Balaban J connectivity index is 2.02. The van der Waals surface area contributed by atoms with Crippen LogP contribution >= 0.6 is 0 Å². The van der Waals surface area contributed by atoms with Crippen molar-refractivity contribution in [2.75, 3.05) is 5.32 Å². The molecule has 2 aromatic carbocycles. The summed E-state index contributed by atoms with van der Waals surface area (Å²) in [7, 11) is 0. The average Bonchev–Trinajstić information content (AvgIpc) is 2.70. The molecular formula is C14H13NO2. The number of rotatable bonds is 2. The lowest BCUT2D eigenvalue weighted by atomic mass is 10.0. The molecule has 1 unspecified atom stereocenters. The molecule has 0 radical (unpaired) electrons. The molecule has 1 aliphatic rings. The van der Waals surface area contributed by atoms with E-state index in [0.29, 0.717) is 0 Å². The van der Waals surface area contributed by atoms with E-state index in [2.05, 4.69) is 23.5 Å². The fourth-order valence-corrected chi connectivity index (χ4v) is 2.54. The van der Waals surface area contributed by atoms with Gasteiger partial charge in [0.1, 0.15) is 0 Å². The first kappa shape index (κ1) is 10.1. The molecule has 86 valence electrons. The second-order valence-electron chi connectivity index (χ2n) is 4.46. The summed E-state index contributed by atoms with van der Waals surface area (Å²) >= 11 is 0. The molecule has 0 saturated carbocycles. The van der Waals surface area contributed by atoms with E-state index in [1.807, 2.05) is 18.2 Å². The predicted octanol–water partition coefficient (Wildman–Crippen LogP) is 2.65. The van der Waals surface area contributed by atoms with Gasteiger partial charge in [0, 0.05) is 11.7 Å². The van der Waals surface area contributed by atoms with Crippen molar-refractivity contribution in [3.05, 3.63) is 42.0 Å². The number of hydrogen-bond acceptors (Lipinski definition) is 2. The zero-order valence-corrected chi connectivity index (χ0v) is 9.31. The molecule has 0 saturated heterocycles. The highest BCUT2D eigenvalue weighted by Gasteiger charge is 2.23. The average molecular weight is 227 g/mol. The Morgan fingerprint density at radius 2 is 2.12 bits per heavy atom. The fraction of sp³-hybridized carbons (Fsp3) is 0.214. The van der Waals surface area contributed by atoms with Gasteiger partial charge in [-0.25, -0.2) is 0 Å². The first-order valence-corrected chi connectivity index (χ1v) is 5.73. The van der Waals surface area contributed by atoms with E-state index in [9.17, 15) is 4.79 Å². The van der Waals surface area contributed by atoms with Gasteiger partial charge in [-0.15, -0.1) is 0 Å². The SMILES string of the molecule is O=C(O)CC1Cc2c(ccc3ccccc23)N1. The van der Waals surface area contributed by atoms with E-state index in [1.54, 1.807) is 0 Å². The monoisotopic (exact) mass is 227 g/mol. The van der Waals surface area contributed by atoms with Crippen LogP contribution in [0.1, 0.15) is 12.0 Å². The van der Waals surface area contributed by atoms with Crippen LogP contribution in [0, 0.1) is 0 Å². The topological polar surface area (TPSA) is 49.3 Å². The molecule has 17 heavy (non-hydrogen) atoms. The molecule has 0 spiro atoms. The smallest absolute Gasteiger partial charge is 0.305 e. The summed E-state index contributed by atoms with van der Waals surface area (Å²) in [4.78, 5) is 10.7. The Hall–Kier alpha value is -2.03. The van der Waals surface area contributed by atoms with Gasteiger partial charge in [-0.3, -0.25) is 4.79 Å². The maximum Gasteiger partial charge on any atom is 0.305 e. The number of nitrogens with one attached hydrogen (secondary N) is 1. The van der Waals surface area contributed by atoms with Crippen molar-refractivity contribution in [1.29, 1.82) is 0 Å². The molecule has 3 rings (SSSR count). The van der Waals surface area contributed by atoms with E-state index < -0.39 is 5.97 Å². The summed E-state index contributed by atoms with van der Waals surface area (Å²) in [6.45, 7) is 0. The number of carboxylic acid groups (broad SMARTS) is 1. The van der Waals surface area contributed by atoms with Crippen LogP contribution in [0.5, 0.6) is 0 Å². The minimum Gasteiger partial charge on any atom is -0.481 e. The van der Waals surface area contributed by atoms with Crippen molar-refractivity contribution in [1.82, 2.24) is 0 Å². The van der Waals surface area contributed by atoms with Gasteiger partial charge < -0.3 is 10.4 Å². The molecule has 0 bridgehead atoms. The molecule has 0 aliphatic carbocycles. The standard InChI is InChI=1S/C14H13NO2/c16-14(17)8-10-7-12-11-4-2-1-3-9(11)5-6-13(12)15-10/h1-6,10,15H,7-8H2,(H,16,17). The maximum absolute atomic E-state index is 10.7. The summed E-state index contributed by atoms with van der Waals surface area (Å²) in [5, 5.41) is 14.5. The molecule has 0 aromatic heterocycles. The predicted molar refractivity (Wildman–Crippen MR) is 67.3 cm³/mol. The molecule has 1 heterocycles. The number of carboxylic acids is 1. The van der Waals surface area contributed by atoms with Crippen molar-refractivity contribution in [2.24, 2.45) is 0 Å². The van der Waals surface area contributed by atoms with E-state index in [-0.39, 0.29) is 12.5 Å². The van der Waals surface area contributed by atoms with Gasteiger partial charge in [0.05, 0.1) is 6.42 Å². The highest BCUT2D eigenvalue weighted by Crippen LogP contribution is 2.33. The van der Waals surface area contributed by atoms with Gasteiger partial charge in [-0.2, -0.15) is 0 Å². The second-order valence-corrected chi connectivity index (χ2v) is 4.46. The Labute approximate surface area is 99.1 Å². The van der Waals surface area contributed by atoms with Crippen LogP contribution in [0.4, 0.5) is 5.69 Å². The summed E-state index contributed by atoms with van der Waals surface area (Å²) in [5.74, 6) is -0.750. The number of fused-ring (bicyclic) bond motifs is 3. The Kier molecular flexibility index (Phi) is 2.25. The second kappa shape index (κ2) is 3.77. The third-order valence-corrected chi connectivity index (χ3v) is 3.27. The fourth-order valence-electron chi connectivity index (χ4n) is 2.54. The first-order valence-electron chi connectivity index (χ1n) is 5.73. The zero-order chi connectivity index (χ0) is 11.8. The molecule has 3 nitrogen and oxygen atoms in total. The highest BCUT2D eigenvalue weighted by molar-refractivity contribution is 5.91. The van der Waals surface area contributed by atoms with Crippen molar-refractivity contribution in [3.8, 4) is 0 Å². The Bertz CT molecular complexity index is 592. The van der Waals surface area contributed by atoms with Gasteiger partial charge in [-0.1, -0.05) is 30.3 Å². The lowest BCUT2D eigenvalue weighted by Gasteiger charge is -2.06. The summed E-state index contributed by atoms with van der Waals surface area (Å²) < 4.78 is 0. The quantitative estimate of drug-likeness (QED) is 0.829. The lowest BCUT2D eigenvalue weighted by molar-refractivity contribution is -0.137. The van der Waals surface area contributed by atoms with Gasteiger partial charge >= 0.3 is 5.97 Å². The van der Waals surface area contributed by atoms with Crippen LogP contribution in [0.15, 0.2) is 36.4 Å². The normalized spacial score (nSPS) is 17.8. The van der Waals surface area contributed by atoms with Crippen molar-refractivity contribution >= 4 is 22.4 Å². The van der Waals surface area contributed by atoms with Gasteiger partial charge in [0.15, 0.2) is 0 Å². The number of aliphatic carboxylic acids is 1. The van der Waals surface area contributed by atoms with Crippen LogP contribution in [-0.2, 0) is 11.2 Å². The van der Waals surface area contributed by atoms with Crippen molar-refractivity contribution in [2.45, 2.75) is 18.9 Å². The summed E-state index contributed by atoms with van der Waals surface area (Å²) in [6.07, 6.45) is 0.964. The zero-order valence-electron chi connectivity index (χ0n) is 9.31. The molecular weight excluding hydrogens is 214 g/mol. The van der Waals surface area contributed by atoms with Crippen LogP contribution in [-0.4, -0.2) is 17.1 Å². The number of benzene rings is 2. The number of carbonyl (C=O) groups is 1. The molecule has 1 atom stereocenters. The summed E-state index contributed by atoms with van der Waals surface area (Å²) in [6, 6.07) is 12.4. The minimum atomic E-state index is -0.750. The van der Waals surface area contributed by atoms with Crippen molar-refractivity contribution in [3.63, 3.8) is 0 Å². The lowest BCUT2D eigenvalue weighted by Crippen LogP contribution is -2.19. The van der Waals surface area contributed by atoms with Gasteiger partial charge in [-0.05, 0) is 28.8 Å². The molecule has 0 fully saturated rings. The minimum absolute atomic E-state index is 0.0216. The maximum atomic E-state index is 10.7. The number of hydrogen-bond donors (Lipinski definition) is 2. The van der Waals surface area contributed by atoms with Crippen LogP contribution in [0.2, 0.25) is 0 Å². The first-order chi connectivity index (χ1) is 8.24.